The first-order chi connectivity index (χ1) is 5.22. The molecule has 1 aliphatic heterocycles. The Kier molecular flexibility index (Phi) is 2.25. The molecule has 0 spiro atoms. The van der Waals surface area contributed by atoms with Crippen LogP contribution >= 0.6 is 0 Å². The third-order valence-corrected chi connectivity index (χ3v) is 1.51. The molecular formula is C7H10N2O2. The van der Waals surface area contributed by atoms with Gasteiger partial charge >= 0.3 is 0 Å². The van der Waals surface area contributed by atoms with E-state index in [0.29, 0.717) is 13.0 Å². The van der Waals surface area contributed by atoms with E-state index in [2.05, 4.69) is 17.2 Å². The fourth-order valence-corrected chi connectivity index (χ4v) is 0.967. The van der Waals surface area contributed by atoms with Gasteiger partial charge in [0, 0.05) is 13.0 Å². The van der Waals surface area contributed by atoms with Gasteiger partial charge in [0.2, 0.25) is 11.8 Å². The molecule has 11 heavy (non-hydrogen) atoms. The smallest absolute Gasteiger partial charge is 0.243 e. The number of nitrogens with one attached hydrogen (secondary N) is 2. The van der Waals surface area contributed by atoms with E-state index in [-0.39, 0.29) is 17.9 Å². The quantitative estimate of drug-likeness (QED) is 0.510. The van der Waals surface area contributed by atoms with Crippen molar-refractivity contribution in [2.24, 2.45) is 0 Å². The van der Waals surface area contributed by atoms with E-state index in [0.717, 1.165) is 0 Å². The molecule has 1 atom stereocenters. The summed E-state index contributed by atoms with van der Waals surface area (Å²) in [4.78, 5) is 21.3. The summed E-state index contributed by atoms with van der Waals surface area (Å²) in [5.41, 5.74) is 0. The topological polar surface area (TPSA) is 58.2 Å². The van der Waals surface area contributed by atoms with E-state index >= 15 is 0 Å². The minimum absolute atomic E-state index is 0.0145. The minimum atomic E-state index is -0.230. The second-order valence-electron chi connectivity index (χ2n) is 2.42. The molecule has 1 saturated heterocycles. The summed E-state index contributed by atoms with van der Waals surface area (Å²) >= 11 is 0. The van der Waals surface area contributed by atoms with E-state index in [1.807, 2.05) is 0 Å². The number of carbonyl (C=O) groups excluding carboxylic acids is 2. The third-order valence-electron chi connectivity index (χ3n) is 1.51. The Labute approximate surface area is 64.7 Å². The number of amides is 2. The van der Waals surface area contributed by atoms with Gasteiger partial charge in [-0.2, -0.15) is 0 Å². The van der Waals surface area contributed by atoms with Gasteiger partial charge in [-0.15, -0.1) is 0 Å². The number of hydrogen-bond acceptors (Lipinski definition) is 2. The van der Waals surface area contributed by atoms with Gasteiger partial charge in [-0.1, -0.05) is 6.58 Å². The van der Waals surface area contributed by atoms with E-state index in [9.17, 15) is 9.59 Å². The summed E-state index contributed by atoms with van der Waals surface area (Å²) < 4.78 is 0. The molecule has 4 nitrogen and oxygen atoms in total. The summed E-state index contributed by atoms with van der Waals surface area (Å²) in [6.45, 7) is 3.83. The van der Waals surface area contributed by atoms with Crippen LogP contribution in [0.5, 0.6) is 0 Å². The fourth-order valence-electron chi connectivity index (χ4n) is 0.967. The fraction of sp³-hybridized carbons (Fsp3) is 0.429. The molecule has 0 saturated carbocycles. The van der Waals surface area contributed by atoms with Crippen molar-refractivity contribution in [2.45, 2.75) is 12.5 Å². The van der Waals surface area contributed by atoms with Gasteiger partial charge in [-0.25, -0.2) is 0 Å². The van der Waals surface area contributed by atoms with Crippen molar-refractivity contribution < 1.29 is 9.59 Å². The first kappa shape index (κ1) is 7.78. The highest BCUT2D eigenvalue weighted by molar-refractivity contribution is 5.88. The third kappa shape index (κ3) is 2.07. The summed E-state index contributed by atoms with van der Waals surface area (Å²) in [5, 5.41) is 5.23. The zero-order valence-electron chi connectivity index (χ0n) is 6.09. The zero-order chi connectivity index (χ0) is 8.27. The maximum absolute atomic E-state index is 10.7. The average molecular weight is 154 g/mol. The Morgan fingerprint density at radius 3 is 3.00 bits per heavy atom. The number of carbonyl (C=O) groups is 2. The number of rotatable bonds is 2. The van der Waals surface area contributed by atoms with Crippen molar-refractivity contribution >= 4 is 11.8 Å². The predicted octanol–water partition coefficient (Wildman–Crippen LogP) is -0.823. The molecule has 0 aromatic rings. The van der Waals surface area contributed by atoms with Gasteiger partial charge < -0.3 is 10.6 Å². The molecule has 1 aliphatic rings. The molecule has 1 rings (SSSR count). The lowest BCUT2D eigenvalue weighted by Crippen LogP contribution is -2.34. The van der Waals surface area contributed by atoms with Crippen LogP contribution in [0.25, 0.3) is 0 Å². The van der Waals surface area contributed by atoms with E-state index in [1.54, 1.807) is 0 Å². The van der Waals surface area contributed by atoms with Crippen molar-refractivity contribution in [1.29, 1.82) is 0 Å². The van der Waals surface area contributed by atoms with Crippen molar-refractivity contribution in [1.82, 2.24) is 10.6 Å². The SMILES string of the molecule is C=CC(=O)NC1CNC(=O)C1. The summed E-state index contributed by atoms with van der Waals surface area (Å²) in [5.74, 6) is -0.245. The van der Waals surface area contributed by atoms with Crippen LogP contribution < -0.4 is 10.6 Å². The monoisotopic (exact) mass is 154 g/mol. The highest BCUT2D eigenvalue weighted by Crippen LogP contribution is 1.98. The molecule has 0 aromatic carbocycles. The molecule has 0 aromatic heterocycles. The number of hydrogen-bond donors (Lipinski definition) is 2. The maximum atomic E-state index is 10.7. The Balaban J connectivity index is 2.33. The Hall–Kier alpha value is -1.32. The van der Waals surface area contributed by atoms with E-state index in [4.69, 9.17) is 0 Å². The minimum Gasteiger partial charge on any atom is -0.354 e. The first-order valence-corrected chi connectivity index (χ1v) is 3.42. The average Bonchev–Trinajstić information content (AvgIpc) is 2.35. The van der Waals surface area contributed by atoms with Crippen LogP contribution in [0.3, 0.4) is 0 Å². The van der Waals surface area contributed by atoms with Crippen molar-refractivity contribution in [3.05, 3.63) is 12.7 Å². The molecule has 0 bridgehead atoms. The summed E-state index contributed by atoms with van der Waals surface area (Å²) in [7, 11) is 0. The predicted molar refractivity (Wildman–Crippen MR) is 39.8 cm³/mol. The van der Waals surface area contributed by atoms with Gasteiger partial charge in [-0.05, 0) is 6.08 Å². The maximum Gasteiger partial charge on any atom is 0.243 e. The molecule has 2 N–H and O–H groups in total. The molecule has 1 heterocycles. The van der Waals surface area contributed by atoms with Crippen LogP contribution in [0, 0.1) is 0 Å². The van der Waals surface area contributed by atoms with Crippen molar-refractivity contribution in [2.75, 3.05) is 6.54 Å². The second-order valence-corrected chi connectivity index (χ2v) is 2.42. The summed E-state index contributed by atoms with van der Waals surface area (Å²) in [6.07, 6.45) is 1.57. The largest absolute Gasteiger partial charge is 0.354 e. The van der Waals surface area contributed by atoms with Gasteiger partial charge in [0.05, 0.1) is 6.04 Å². The standard InChI is InChI=1S/C7H10N2O2/c1-2-6(10)9-5-3-7(11)8-4-5/h2,5H,1,3-4H2,(H,8,11)(H,9,10). The van der Waals surface area contributed by atoms with E-state index in [1.165, 1.54) is 6.08 Å². The molecule has 1 unspecified atom stereocenters. The lowest BCUT2D eigenvalue weighted by Gasteiger charge is -2.06. The molecule has 0 aliphatic carbocycles. The van der Waals surface area contributed by atoms with Crippen LogP contribution in [-0.4, -0.2) is 24.4 Å². The first-order valence-electron chi connectivity index (χ1n) is 3.42. The van der Waals surface area contributed by atoms with Gasteiger partial charge in [0.25, 0.3) is 0 Å². The van der Waals surface area contributed by atoms with E-state index < -0.39 is 0 Å². The van der Waals surface area contributed by atoms with Crippen LogP contribution in [0.2, 0.25) is 0 Å². The molecule has 4 heteroatoms. The van der Waals surface area contributed by atoms with Crippen LogP contribution in [0.1, 0.15) is 6.42 Å². The Morgan fingerprint density at radius 2 is 2.55 bits per heavy atom. The van der Waals surface area contributed by atoms with Crippen LogP contribution in [0.15, 0.2) is 12.7 Å². The second kappa shape index (κ2) is 3.18. The summed E-state index contributed by atoms with van der Waals surface area (Å²) in [6, 6.07) is -0.0620. The lowest BCUT2D eigenvalue weighted by molar-refractivity contribution is -0.119. The van der Waals surface area contributed by atoms with Crippen LogP contribution in [-0.2, 0) is 9.59 Å². The highest BCUT2D eigenvalue weighted by Gasteiger charge is 2.21. The van der Waals surface area contributed by atoms with Crippen molar-refractivity contribution in [3.63, 3.8) is 0 Å². The lowest BCUT2D eigenvalue weighted by atomic mass is 10.2. The molecular weight excluding hydrogens is 144 g/mol. The molecule has 1 fully saturated rings. The molecule has 2 amide bonds. The van der Waals surface area contributed by atoms with Crippen LogP contribution in [0.4, 0.5) is 0 Å². The highest BCUT2D eigenvalue weighted by atomic mass is 16.2. The molecule has 60 valence electrons. The van der Waals surface area contributed by atoms with Gasteiger partial charge in [0.15, 0.2) is 0 Å². The van der Waals surface area contributed by atoms with Gasteiger partial charge in [0.1, 0.15) is 0 Å². The normalized spacial score (nSPS) is 22.5. The Morgan fingerprint density at radius 1 is 1.82 bits per heavy atom. The zero-order valence-corrected chi connectivity index (χ0v) is 6.09. The molecule has 0 radical (unpaired) electrons. The van der Waals surface area contributed by atoms with Crippen molar-refractivity contribution in [3.8, 4) is 0 Å². The Bertz CT molecular complexity index is 201. The van der Waals surface area contributed by atoms with Gasteiger partial charge in [-0.3, -0.25) is 9.59 Å².